The van der Waals surface area contributed by atoms with Crippen LogP contribution in [-0.4, -0.2) is 30.4 Å². The largest absolute Gasteiger partial charge is 0.358 e. The zero-order chi connectivity index (χ0) is 21.7. The average molecular weight is 421 g/mol. The van der Waals surface area contributed by atoms with Crippen LogP contribution < -0.4 is 0 Å². The SMILES string of the molecule is CCCCCCCCCCCCCCCCCC1=NCCN1CC(CC)CCCC. The highest BCUT2D eigenvalue weighted by Crippen LogP contribution is 2.19. The van der Waals surface area contributed by atoms with Gasteiger partial charge in [0.2, 0.25) is 0 Å². The highest BCUT2D eigenvalue weighted by atomic mass is 15.2. The van der Waals surface area contributed by atoms with Crippen molar-refractivity contribution in [3.8, 4) is 0 Å². The first-order chi connectivity index (χ1) is 14.8. The van der Waals surface area contributed by atoms with Gasteiger partial charge in [-0.25, -0.2) is 0 Å². The Hall–Kier alpha value is -0.530. The van der Waals surface area contributed by atoms with Crippen LogP contribution in [0.4, 0.5) is 0 Å². The fraction of sp³-hybridized carbons (Fsp3) is 0.964. The molecular formula is C28H56N2. The summed E-state index contributed by atoms with van der Waals surface area (Å²) in [7, 11) is 0. The van der Waals surface area contributed by atoms with Crippen molar-refractivity contribution in [3.63, 3.8) is 0 Å². The Morgan fingerprint density at radius 2 is 1.17 bits per heavy atom. The average Bonchev–Trinajstić information content (AvgIpc) is 3.20. The minimum Gasteiger partial charge on any atom is -0.358 e. The van der Waals surface area contributed by atoms with Crippen molar-refractivity contribution < 1.29 is 0 Å². The first kappa shape index (κ1) is 27.5. The first-order valence-electron chi connectivity index (χ1n) is 14.1. The summed E-state index contributed by atoms with van der Waals surface area (Å²) in [6.07, 6.45) is 28.3. The summed E-state index contributed by atoms with van der Waals surface area (Å²) >= 11 is 0. The van der Waals surface area contributed by atoms with E-state index >= 15 is 0 Å². The predicted octanol–water partition coefficient (Wildman–Crippen LogP) is 9.18. The number of amidine groups is 1. The third-order valence-electron chi connectivity index (χ3n) is 7.06. The van der Waals surface area contributed by atoms with Crippen LogP contribution in [0.15, 0.2) is 4.99 Å². The van der Waals surface area contributed by atoms with Gasteiger partial charge in [-0.2, -0.15) is 0 Å². The lowest BCUT2D eigenvalue weighted by Crippen LogP contribution is -2.32. The summed E-state index contributed by atoms with van der Waals surface area (Å²) in [6.45, 7) is 10.5. The molecule has 0 fully saturated rings. The minimum absolute atomic E-state index is 0.870. The summed E-state index contributed by atoms with van der Waals surface area (Å²) in [5, 5.41) is 0. The summed E-state index contributed by atoms with van der Waals surface area (Å²) in [6, 6.07) is 0. The maximum Gasteiger partial charge on any atom is 0.0990 e. The molecule has 0 saturated carbocycles. The van der Waals surface area contributed by atoms with Gasteiger partial charge in [0.05, 0.1) is 12.4 Å². The summed E-state index contributed by atoms with van der Waals surface area (Å²) in [5.41, 5.74) is 0. The predicted molar refractivity (Wildman–Crippen MR) is 137 cm³/mol. The molecule has 30 heavy (non-hydrogen) atoms. The van der Waals surface area contributed by atoms with Crippen molar-refractivity contribution in [2.75, 3.05) is 19.6 Å². The van der Waals surface area contributed by atoms with Crippen molar-refractivity contribution in [2.45, 2.75) is 149 Å². The summed E-state index contributed by atoms with van der Waals surface area (Å²) < 4.78 is 0. The van der Waals surface area contributed by atoms with Gasteiger partial charge in [-0.3, -0.25) is 4.99 Å². The molecule has 1 aliphatic rings. The number of rotatable bonds is 22. The van der Waals surface area contributed by atoms with E-state index in [4.69, 9.17) is 4.99 Å². The van der Waals surface area contributed by atoms with Crippen molar-refractivity contribution in [1.82, 2.24) is 4.90 Å². The molecule has 0 aromatic carbocycles. The van der Waals surface area contributed by atoms with Crippen molar-refractivity contribution in [1.29, 1.82) is 0 Å². The van der Waals surface area contributed by atoms with E-state index in [0.29, 0.717) is 0 Å². The first-order valence-corrected chi connectivity index (χ1v) is 14.1. The number of hydrogen-bond acceptors (Lipinski definition) is 2. The molecule has 1 unspecified atom stereocenters. The number of nitrogens with zero attached hydrogens (tertiary/aromatic N) is 2. The normalized spacial score (nSPS) is 15.0. The zero-order valence-corrected chi connectivity index (χ0v) is 21.2. The summed E-state index contributed by atoms with van der Waals surface area (Å²) in [5.74, 6) is 2.30. The molecule has 0 amide bonds. The third-order valence-corrected chi connectivity index (χ3v) is 7.06. The smallest absolute Gasteiger partial charge is 0.0990 e. The molecule has 178 valence electrons. The maximum absolute atomic E-state index is 4.83. The fourth-order valence-corrected chi connectivity index (χ4v) is 4.85. The Balaban J connectivity index is 1.91. The van der Waals surface area contributed by atoms with E-state index in [0.717, 1.165) is 12.5 Å². The Morgan fingerprint density at radius 3 is 1.67 bits per heavy atom. The van der Waals surface area contributed by atoms with Gasteiger partial charge >= 0.3 is 0 Å². The second kappa shape index (κ2) is 20.4. The molecule has 1 heterocycles. The van der Waals surface area contributed by atoms with Crippen molar-refractivity contribution >= 4 is 5.84 Å². The Bertz CT molecular complexity index is 390. The van der Waals surface area contributed by atoms with Crippen molar-refractivity contribution in [2.24, 2.45) is 10.9 Å². The van der Waals surface area contributed by atoms with E-state index in [1.807, 2.05) is 0 Å². The molecule has 0 bridgehead atoms. The Kier molecular flexibility index (Phi) is 18.7. The molecule has 1 atom stereocenters. The second-order valence-electron chi connectivity index (χ2n) is 9.86. The lowest BCUT2D eigenvalue weighted by Gasteiger charge is -2.26. The third kappa shape index (κ3) is 14.5. The fourth-order valence-electron chi connectivity index (χ4n) is 4.85. The van der Waals surface area contributed by atoms with E-state index in [-0.39, 0.29) is 0 Å². The molecule has 2 heteroatoms. The maximum atomic E-state index is 4.83. The summed E-state index contributed by atoms with van der Waals surface area (Å²) in [4.78, 5) is 7.45. The van der Waals surface area contributed by atoms with Crippen LogP contribution >= 0.6 is 0 Å². The quantitative estimate of drug-likeness (QED) is 0.159. The molecule has 2 nitrogen and oxygen atoms in total. The van der Waals surface area contributed by atoms with Gasteiger partial charge in [-0.15, -0.1) is 0 Å². The van der Waals surface area contributed by atoms with Crippen LogP contribution in [-0.2, 0) is 0 Å². The second-order valence-corrected chi connectivity index (χ2v) is 9.86. The van der Waals surface area contributed by atoms with Gasteiger partial charge in [-0.05, 0) is 18.8 Å². The number of unbranched alkanes of at least 4 members (excludes halogenated alkanes) is 15. The van der Waals surface area contributed by atoms with E-state index in [1.54, 1.807) is 0 Å². The van der Waals surface area contributed by atoms with E-state index < -0.39 is 0 Å². The highest BCUT2D eigenvalue weighted by Gasteiger charge is 2.19. The van der Waals surface area contributed by atoms with Crippen LogP contribution in [0.2, 0.25) is 0 Å². The molecule has 1 rings (SSSR count). The van der Waals surface area contributed by atoms with Gasteiger partial charge in [0, 0.05) is 19.5 Å². The molecule has 0 saturated heterocycles. The lowest BCUT2D eigenvalue weighted by atomic mass is 9.98. The molecule has 1 aliphatic heterocycles. The zero-order valence-electron chi connectivity index (χ0n) is 21.2. The molecule has 0 radical (unpaired) electrons. The topological polar surface area (TPSA) is 15.6 Å². The van der Waals surface area contributed by atoms with Gasteiger partial charge in [0.25, 0.3) is 0 Å². The standard InChI is InChI=1S/C28H56N2/c1-4-7-9-10-11-12-13-14-15-16-17-18-19-20-21-23-28-29-24-25-30(28)26-27(6-3)22-8-5-2/h27H,4-26H2,1-3H3. The highest BCUT2D eigenvalue weighted by molar-refractivity contribution is 5.83. The van der Waals surface area contributed by atoms with Gasteiger partial charge in [0.1, 0.15) is 0 Å². The van der Waals surface area contributed by atoms with Crippen LogP contribution in [0.1, 0.15) is 149 Å². The number of hydrogen-bond donors (Lipinski definition) is 0. The Labute approximate surface area is 190 Å². The van der Waals surface area contributed by atoms with Crippen LogP contribution in [0.5, 0.6) is 0 Å². The monoisotopic (exact) mass is 420 g/mol. The van der Waals surface area contributed by atoms with Crippen molar-refractivity contribution in [3.05, 3.63) is 0 Å². The molecule has 0 aromatic rings. The Morgan fingerprint density at radius 1 is 0.667 bits per heavy atom. The molecule has 0 aliphatic carbocycles. The van der Waals surface area contributed by atoms with Gasteiger partial charge in [0.15, 0.2) is 0 Å². The molecular weight excluding hydrogens is 364 g/mol. The molecule has 0 spiro atoms. The van der Waals surface area contributed by atoms with Crippen LogP contribution in [0.25, 0.3) is 0 Å². The van der Waals surface area contributed by atoms with E-state index in [1.165, 1.54) is 147 Å². The molecule has 0 N–H and O–H groups in total. The molecule has 0 aromatic heterocycles. The van der Waals surface area contributed by atoms with Crippen LogP contribution in [0, 0.1) is 5.92 Å². The number of aliphatic imine (C=N–C) groups is 1. The van der Waals surface area contributed by atoms with Gasteiger partial charge < -0.3 is 4.90 Å². The van der Waals surface area contributed by atoms with Crippen LogP contribution in [0.3, 0.4) is 0 Å². The van der Waals surface area contributed by atoms with E-state index in [2.05, 4.69) is 25.7 Å². The van der Waals surface area contributed by atoms with Gasteiger partial charge in [-0.1, -0.05) is 130 Å². The minimum atomic E-state index is 0.870. The lowest BCUT2D eigenvalue weighted by molar-refractivity contribution is 0.325. The van der Waals surface area contributed by atoms with E-state index in [9.17, 15) is 0 Å².